The number of ether oxygens (including phenoxy) is 1. The molecule has 9 heteroatoms. The second kappa shape index (κ2) is 8.64. The van der Waals surface area contributed by atoms with E-state index >= 15 is 0 Å². The first-order chi connectivity index (χ1) is 15.2. The molecule has 1 aromatic heterocycles. The lowest BCUT2D eigenvalue weighted by Crippen LogP contribution is -2.27. The van der Waals surface area contributed by atoms with Gasteiger partial charge < -0.3 is 10.1 Å². The highest BCUT2D eigenvalue weighted by Gasteiger charge is 2.29. The third-order valence-corrected chi connectivity index (χ3v) is 5.28. The first kappa shape index (κ1) is 21.9. The van der Waals surface area contributed by atoms with E-state index in [0.29, 0.717) is 22.7 Å². The van der Waals surface area contributed by atoms with Crippen LogP contribution >= 0.6 is 0 Å². The third-order valence-electron chi connectivity index (χ3n) is 5.28. The number of amides is 1. The summed E-state index contributed by atoms with van der Waals surface area (Å²) < 4.78 is 44.4. The molecule has 4 rings (SSSR count). The van der Waals surface area contributed by atoms with Crippen LogP contribution in [0.15, 0.2) is 48.7 Å². The van der Waals surface area contributed by atoms with Crippen LogP contribution in [-0.2, 0) is 11.8 Å². The predicted molar refractivity (Wildman–Crippen MR) is 112 cm³/mol. The van der Waals surface area contributed by atoms with Gasteiger partial charge in [0.25, 0.3) is 0 Å². The number of aryl methyl sites for hydroxylation is 1. The normalized spacial score (nSPS) is 14.8. The molecule has 1 N–H and O–H groups in total. The van der Waals surface area contributed by atoms with Gasteiger partial charge in [0.05, 0.1) is 12.2 Å². The van der Waals surface area contributed by atoms with Gasteiger partial charge in [-0.2, -0.15) is 13.2 Å². The van der Waals surface area contributed by atoms with Crippen LogP contribution in [0.5, 0.6) is 5.75 Å². The van der Waals surface area contributed by atoms with Crippen molar-refractivity contribution in [2.24, 2.45) is 7.05 Å². The van der Waals surface area contributed by atoms with E-state index in [1.165, 1.54) is 42.1 Å². The largest absolute Gasteiger partial charge is 0.484 e. The molecular weight excluding hydrogens is 421 g/mol. The van der Waals surface area contributed by atoms with Crippen LogP contribution in [-0.4, -0.2) is 33.7 Å². The number of benzene rings is 2. The van der Waals surface area contributed by atoms with Crippen molar-refractivity contribution < 1.29 is 22.7 Å². The Kier molecular flexibility index (Phi) is 5.90. The predicted octanol–water partition coefficient (Wildman–Crippen LogP) is 4.53. The zero-order chi connectivity index (χ0) is 22.9. The second-order valence-corrected chi connectivity index (χ2v) is 8.00. The highest BCUT2D eigenvalue weighted by molar-refractivity contribution is 5.75. The van der Waals surface area contributed by atoms with Crippen LogP contribution in [0, 0.1) is 0 Å². The smallest absolute Gasteiger partial charge is 0.422 e. The van der Waals surface area contributed by atoms with Crippen molar-refractivity contribution in [1.29, 1.82) is 0 Å². The summed E-state index contributed by atoms with van der Waals surface area (Å²) in [4.78, 5) is 12.0. The highest BCUT2D eigenvalue weighted by atomic mass is 19.4. The Balaban J connectivity index is 1.75. The zero-order valence-electron chi connectivity index (χ0n) is 17.7. The van der Waals surface area contributed by atoms with Crippen LogP contribution < -0.4 is 10.1 Å². The molecule has 1 amide bonds. The number of nitrogens with one attached hydrogen (secondary N) is 1. The van der Waals surface area contributed by atoms with Gasteiger partial charge in [-0.15, -0.1) is 5.10 Å². The average molecular weight is 444 g/mol. The fraction of sp³-hybridized carbons (Fsp3) is 0.348. The van der Waals surface area contributed by atoms with Gasteiger partial charge in [-0.25, -0.2) is 0 Å². The summed E-state index contributed by atoms with van der Waals surface area (Å²) in [5, 5.41) is 11.0. The summed E-state index contributed by atoms with van der Waals surface area (Å²) in [6, 6.07) is 12.2. The number of hydrogen-bond acceptors (Lipinski definition) is 4. The number of hydrogen-bond donors (Lipinski definition) is 1. The van der Waals surface area contributed by atoms with Crippen LogP contribution in [0.25, 0.3) is 11.3 Å². The zero-order valence-corrected chi connectivity index (χ0v) is 17.7. The van der Waals surface area contributed by atoms with Crippen LogP contribution in [0.2, 0.25) is 0 Å². The maximum absolute atomic E-state index is 12.6. The van der Waals surface area contributed by atoms with E-state index in [4.69, 9.17) is 4.74 Å². The lowest BCUT2D eigenvalue weighted by Gasteiger charge is -2.22. The Bertz CT molecular complexity index is 1110. The summed E-state index contributed by atoms with van der Waals surface area (Å²) in [6.07, 6.45) is -0.420. The minimum atomic E-state index is -4.45. The number of carbonyl (C=O) groups is 1. The molecule has 1 aliphatic rings. The third kappa shape index (κ3) is 5.27. The number of rotatable bonds is 7. The van der Waals surface area contributed by atoms with Gasteiger partial charge in [0.2, 0.25) is 5.91 Å². The highest BCUT2D eigenvalue weighted by Crippen LogP contribution is 2.41. The molecule has 168 valence electrons. The topological polar surface area (TPSA) is 69.0 Å². The van der Waals surface area contributed by atoms with Gasteiger partial charge in [0, 0.05) is 19.5 Å². The first-order valence-corrected chi connectivity index (χ1v) is 10.3. The van der Waals surface area contributed by atoms with Gasteiger partial charge in [-0.05, 0) is 47.6 Å². The summed E-state index contributed by atoms with van der Waals surface area (Å²) in [5.74, 6) is 0.421. The van der Waals surface area contributed by atoms with E-state index in [0.717, 1.165) is 5.56 Å². The molecule has 1 saturated carbocycles. The van der Waals surface area contributed by atoms with Crippen LogP contribution in [0.3, 0.4) is 0 Å². The average Bonchev–Trinajstić information content (AvgIpc) is 3.50. The standard InChI is InChI=1S/C23H23F3N4O2/c1-14(31)27-22(17-7-5-16(6-8-17)15-3-4-15)19-10-9-18(32-13-23(24,25)26)11-20(19)21-12-30(2)29-28-21/h5-12,15,22H,3-4,13H2,1-2H3,(H,27,31)/t22-/m0/s1. The summed E-state index contributed by atoms with van der Waals surface area (Å²) in [5.41, 5.74) is 3.80. The molecule has 0 radical (unpaired) electrons. The van der Waals surface area contributed by atoms with Crippen molar-refractivity contribution in [2.75, 3.05) is 6.61 Å². The fourth-order valence-corrected chi connectivity index (χ4v) is 3.66. The number of aromatic nitrogens is 3. The molecule has 0 saturated heterocycles. The van der Waals surface area contributed by atoms with Gasteiger partial charge >= 0.3 is 6.18 Å². The fourth-order valence-electron chi connectivity index (χ4n) is 3.66. The molecule has 0 unspecified atom stereocenters. The maximum atomic E-state index is 12.6. The Labute approximate surface area is 183 Å². The van der Waals surface area contributed by atoms with E-state index < -0.39 is 18.8 Å². The second-order valence-electron chi connectivity index (χ2n) is 8.00. The Hall–Kier alpha value is -3.36. The maximum Gasteiger partial charge on any atom is 0.422 e. The lowest BCUT2D eigenvalue weighted by molar-refractivity contribution is -0.153. The molecule has 3 aromatic rings. The van der Waals surface area contributed by atoms with Gasteiger partial charge in [-0.3, -0.25) is 9.48 Å². The molecule has 0 bridgehead atoms. The van der Waals surface area contributed by atoms with Crippen molar-refractivity contribution >= 4 is 5.91 Å². The van der Waals surface area contributed by atoms with Crippen molar-refractivity contribution in [3.8, 4) is 17.0 Å². The van der Waals surface area contributed by atoms with E-state index in [1.807, 2.05) is 12.1 Å². The van der Waals surface area contributed by atoms with E-state index in [9.17, 15) is 18.0 Å². The molecule has 32 heavy (non-hydrogen) atoms. The van der Waals surface area contributed by atoms with Crippen molar-refractivity contribution in [3.05, 3.63) is 65.4 Å². The summed E-state index contributed by atoms with van der Waals surface area (Å²) in [7, 11) is 1.70. The summed E-state index contributed by atoms with van der Waals surface area (Å²) >= 11 is 0. The molecule has 1 fully saturated rings. The molecular formula is C23H23F3N4O2. The van der Waals surface area contributed by atoms with E-state index in [-0.39, 0.29) is 11.7 Å². The SMILES string of the molecule is CC(=O)N[C@@H](c1ccc(C2CC2)cc1)c1ccc(OCC(F)(F)F)cc1-c1cn(C)nn1. The first-order valence-electron chi connectivity index (χ1n) is 10.3. The molecule has 2 aromatic carbocycles. The summed E-state index contributed by atoms with van der Waals surface area (Å²) in [6.45, 7) is 0.0262. The van der Waals surface area contributed by atoms with Gasteiger partial charge in [0.15, 0.2) is 6.61 Å². The van der Waals surface area contributed by atoms with Crippen LogP contribution in [0.4, 0.5) is 13.2 Å². The van der Waals surface area contributed by atoms with Gasteiger partial charge in [0.1, 0.15) is 11.4 Å². The molecule has 1 heterocycles. The van der Waals surface area contributed by atoms with Gasteiger partial charge in [-0.1, -0.05) is 35.5 Å². The molecule has 0 aliphatic heterocycles. The van der Waals surface area contributed by atoms with E-state index in [2.05, 4.69) is 27.8 Å². The van der Waals surface area contributed by atoms with Crippen molar-refractivity contribution in [3.63, 3.8) is 0 Å². The number of alkyl halides is 3. The Morgan fingerprint density at radius 2 is 1.94 bits per heavy atom. The number of nitrogens with zero attached hydrogens (tertiary/aromatic N) is 3. The number of halogens is 3. The minimum Gasteiger partial charge on any atom is -0.484 e. The van der Waals surface area contributed by atoms with Crippen LogP contribution in [0.1, 0.15) is 48.4 Å². The lowest BCUT2D eigenvalue weighted by atomic mass is 9.92. The molecule has 1 aliphatic carbocycles. The van der Waals surface area contributed by atoms with Crippen molar-refractivity contribution in [1.82, 2.24) is 20.3 Å². The quantitative estimate of drug-likeness (QED) is 0.582. The number of carbonyl (C=O) groups excluding carboxylic acids is 1. The minimum absolute atomic E-state index is 0.0531. The Morgan fingerprint density at radius 1 is 1.22 bits per heavy atom. The Morgan fingerprint density at radius 3 is 2.50 bits per heavy atom. The monoisotopic (exact) mass is 444 g/mol. The molecule has 6 nitrogen and oxygen atoms in total. The van der Waals surface area contributed by atoms with Crippen molar-refractivity contribution in [2.45, 2.75) is 37.9 Å². The molecule has 1 atom stereocenters. The molecule has 0 spiro atoms. The van der Waals surface area contributed by atoms with E-state index in [1.54, 1.807) is 19.3 Å².